The van der Waals surface area contributed by atoms with Gasteiger partial charge in [-0.3, -0.25) is 0 Å². The molecule has 0 aromatic carbocycles. The smallest absolute Gasteiger partial charge is 0.329 e. The van der Waals surface area contributed by atoms with E-state index in [1.165, 1.54) is 27.7 Å². The number of ether oxygens (including phenoxy) is 4. The molecule has 0 heterocycles. The summed E-state index contributed by atoms with van der Waals surface area (Å²) < 4.78 is 219. The van der Waals surface area contributed by atoms with Crippen LogP contribution in [0, 0.1) is 0 Å². The van der Waals surface area contributed by atoms with Crippen LogP contribution in [0.4, 0.5) is 52.7 Å². The molecule has 4 atom stereocenters. The number of rotatable bonds is 16. The zero-order valence-electron chi connectivity index (χ0n) is 25.4. The summed E-state index contributed by atoms with van der Waals surface area (Å²) in [5, 5.41) is 0. The molecule has 4 unspecified atom stereocenters. The molecule has 4 bridgehead atoms. The maximum atomic E-state index is 16.8. The highest BCUT2D eigenvalue weighted by atomic mass is 19.3. The van der Waals surface area contributed by atoms with E-state index < -0.39 is 109 Å². The largest absolute Gasteiger partial charge is 0.356 e. The molecule has 0 amide bonds. The molecule has 4 fully saturated rings. The van der Waals surface area contributed by atoms with Crippen LogP contribution in [0.25, 0.3) is 0 Å². The molecule has 20 heteroatoms. The molecule has 0 radical (unpaired) electrons. The second kappa shape index (κ2) is 11.7. The lowest BCUT2D eigenvalue weighted by atomic mass is 9.38. The SMILES string of the molecule is CCC(N)COC12C(F)(F)C3(OCC(N)CC)C(F)(F)C(OCC(N)CC)(C1(F)F)C(F)(F)C(OCC(N)CC)(C2(F)F)C3(F)F. The van der Waals surface area contributed by atoms with E-state index in [1.54, 1.807) is 0 Å². The van der Waals surface area contributed by atoms with Gasteiger partial charge in [0.15, 0.2) is 0 Å². The third-order valence-corrected chi connectivity index (χ3v) is 9.46. The highest BCUT2D eigenvalue weighted by Gasteiger charge is 3.22. The number of halogens is 12. The van der Waals surface area contributed by atoms with Crippen molar-refractivity contribution in [3.05, 3.63) is 0 Å². The molecule has 8 nitrogen and oxygen atoms in total. The minimum Gasteiger partial charge on any atom is -0.356 e. The quantitative estimate of drug-likeness (QED) is 0.178. The fourth-order valence-corrected chi connectivity index (χ4v) is 6.34. The zero-order valence-corrected chi connectivity index (χ0v) is 25.4. The van der Waals surface area contributed by atoms with Gasteiger partial charge >= 0.3 is 35.5 Å². The van der Waals surface area contributed by atoms with Crippen molar-refractivity contribution >= 4 is 0 Å². The van der Waals surface area contributed by atoms with Crippen molar-refractivity contribution in [2.45, 2.75) is 135 Å². The Labute approximate surface area is 257 Å². The number of nitrogens with two attached hydrogens (primary N) is 4. The highest BCUT2D eigenvalue weighted by molar-refractivity contribution is 5.55. The Bertz CT molecular complexity index is 872. The van der Waals surface area contributed by atoms with Gasteiger partial charge in [-0.1, -0.05) is 27.7 Å². The van der Waals surface area contributed by atoms with Gasteiger partial charge in [-0.05, 0) is 25.7 Å². The molecular weight excluding hydrogens is 660 g/mol. The van der Waals surface area contributed by atoms with E-state index in [1.807, 2.05) is 0 Å². The van der Waals surface area contributed by atoms with Crippen LogP contribution in [0.1, 0.15) is 53.4 Å². The molecular formula is C26H40F12N4O4. The van der Waals surface area contributed by atoms with Gasteiger partial charge in [-0.25, -0.2) is 0 Å². The topological polar surface area (TPSA) is 141 Å². The van der Waals surface area contributed by atoms with Gasteiger partial charge in [0.05, 0.1) is 26.4 Å². The molecule has 0 saturated heterocycles. The van der Waals surface area contributed by atoms with Gasteiger partial charge in [0.1, 0.15) is 0 Å². The van der Waals surface area contributed by atoms with E-state index in [-0.39, 0.29) is 25.7 Å². The van der Waals surface area contributed by atoms with Crippen molar-refractivity contribution in [3.8, 4) is 0 Å². The fourth-order valence-electron chi connectivity index (χ4n) is 6.34. The molecule has 4 rings (SSSR count). The lowest BCUT2D eigenvalue weighted by molar-refractivity contribution is -0.649. The molecule has 0 aromatic rings. The Kier molecular flexibility index (Phi) is 10.0. The van der Waals surface area contributed by atoms with Gasteiger partial charge in [0, 0.05) is 24.2 Å². The molecule has 0 aliphatic heterocycles. The Balaban J connectivity index is 2.69. The van der Waals surface area contributed by atoms with Crippen LogP contribution >= 0.6 is 0 Å². The maximum absolute atomic E-state index is 16.8. The van der Waals surface area contributed by atoms with Gasteiger partial charge < -0.3 is 41.9 Å². The van der Waals surface area contributed by atoms with E-state index in [9.17, 15) is 0 Å². The van der Waals surface area contributed by atoms with E-state index in [0.29, 0.717) is 0 Å². The molecule has 0 spiro atoms. The number of alkyl halides is 12. The first-order chi connectivity index (χ1) is 20.8. The van der Waals surface area contributed by atoms with Crippen LogP contribution in [0.15, 0.2) is 0 Å². The summed E-state index contributed by atoms with van der Waals surface area (Å²) in [4.78, 5) is 0. The predicted molar refractivity (Wildman–Crippen MR) is 137 cm³/mol. The third-order valence-electron chi connectivity index (χ3n) is 9.46. The molecule has 272 valence electrons. The third kappa shape index (κ3) is 3.89. The average Bonchev–Trinajstić information content (AvgIpc) is 2.94. The maximum Gasteiger partial charge on any atom is 0.329 e. The summed E-state index contributed by atoms with van der Waals surface area (Å²) in [6, 6.07) is -6.73. The van der Waals surface area contributed by atoms with Crippen LogP contribution in [0.3, 0.4) is 0 Å². The summed E-state index contributed by atoms with van der Waals surface area (Å²) in [5.74, 6) is -41.5. The van der Waals surface area contributed by atoms with Crippen LogP contribution < -0.4 is 22.9 Å². The Morgan fingerprint density at radius 3 is 0.587 bits per heavy atom. The molecule has 46 heavy (non-hydrogen) atoms. The van der Waals surface area contributed by atoms with Crippen molar-refractivity contribution in [1.29, 1.82) is 0 Å². The van der Waals surface area contributed by atoms with Gasteiger partial charge in [-0.15, -0.1) is 0 Å². The summed E-state index contributed by atoms with van der Waals surface area (Å²) in [6.45, 7) is -2.27. The fraction of sp³-hybridized carbons (Fsp3) is 1.00. The van der Waals surface area contributed by atoms with E-state index >= 15 is 52.7 Å². The molecule has 0 aromatic heterocycles. The first-order valence-corrected chi connectivity index (χ1v) is 14.7. The zero-order chi connectivity index (χ0) is 35.8. The van der Waals surface area contributed by atoms with Crippen LogP contribution in [0.2, 0.25) is 0 Å². The van der Waals surface area contributed by atoms with Crippen LogP contribution in [0.5, 0.6) is 0 Å². The Hall–Kier alpha value is -1.16. The molecule has 4 aliphatic carbocycles. The van der Waals surface area contributed by atoms with E-state index in [2.05, 4.69) is 18.9 Å². The van der Waals surface area contributed by atoms with Gasteiger partial charge in [0.25, 0.3) is 22.4 Å². The van der Waals surface area contributed by atoms with Crippen molar-refractivity contribution in [3.63, 3.8) is 0 Å². The van der Waals surface area contributed by atoms with Crippen molar-refractivity contribution in [2.75, 3.05) is 26.4 Å². The Morgan fingerprint density at radius 1 is 0.348 bits per heavy atom. The van der Waals surface area contributed by atoms with Gasteiger partial charge in [0.2, 0.25) is 0 Å². The molecule has 8 N–H and O–H groups in total. The minimum absolute atomic E-state index is 0.367. The first kappa shape index (κ1) is 39.3. The van der Waals surface area contributed by atoms with Crippen LogP contribution in [-0.4, -0.2) is 109 Å². The highest BCUT2D eigenvalue weighted by Crippen LogP contribution is 2.88. The summed E-state index contributed by atoms with van der Waals surface area (Å²) in [6.07, 6.45) is -1.47. The second-order valence-corrected chi connectivity index (χ2v) is 12.1. The molecule has 4 aliphatic rings. The second-order valence-electron chi connectivity index (χ2n) is 12.1. The normalized spacial score (nSPS) is 38.3. The van der Waals surface area contributed by atoms with Gasteiger partial charge in [-0.2, -0.15) is 52.7 Å². The minimum atomic E-state index is -6.92. The first-order valence-electron chi connectivity index (χ1n) is 14.7. The average molecular weight is 701 g/mol. The number of hydrogen-bond acceptors (Lipinski definition) is 8. The summed E-state index contributed by atoms with van der Waals surface area (Å²) in [5.41, 5.74) is -3.02. The van der Waals surface area contributed by atoms with Crippen molar-refractivity contribution < 1.29 is 71.6 Å². The lowest BCUT2D eigenvalue weighted by Crippen LogP contribution is -3.12. The lowest BCUT2D eigenvalue weighted by Gasteiger charge is -2.79. The predicted octanol–water partition coefficient (Wildman–Crippen LogP) is 3.81. The summed E-state index contributed by atoms with van der Waals surface area (Å²) in [7, 11) is 0. The standard InChI is InChI=1S/C26H40F12N4O4/c1-5-13(39)9-43-17-21(27,28)18(44-10-14(40)6-2)24(33,34)19(22(17,29)30,45-11-15(41)7-3)26(37,38)20(23(17,31)32,25(18,35)36)46-12-16(42)8-4/h13-16H,5-12,39-42H2,1-4H3. The Morgan fingerprint density at radius 2 is 0.478 bits per heavy atom. The molecule has 4 saturated carbocycles. The van der Waals surface area contributed by atoms with Crippen LogP contribution in [-0.2, 0) is 18.9 Å². The van der Waals surface area contributed by atoms with Crippen molar-refractivity contribution in [2.24, 2.45) is 22.9 Å². The summed E-state index contributed by atoms with van der Waals surface area (Å²) >= 11 is 0. The monoisotopic (exact) mass is 700 g/mol. The van der Waals surface area contributed by atoms with Crippen molar-refractivity contribution in [1.82, 2.24) is 0 Å². The van der Waals surface area contributed by atoms with E-state index in [0.717, 1.165) is 0 Å². The number of hydrogen-bond donors (Lipinski definition) is 4. The van der Waals surface area contributed by atoms with E-state index in [4.69, 9.17) is 22.9 Å².